The summed E-state index contributed by atoms with van der Waals surface area (Å²) in [5.74, 6) is -0.412. The van der Waals surface area contributed by atoms with E-state index in [0.29, 0.717) is 17.7 Å². The SMILES string of the molecule is O=C(NC[C@@H](c1ccco1)N1CCCCC1)[C@H](Cc1ccccc1)N1C(=O)c2ccccc2C1=O. The van der Waals surface area contributed by atoms with Gasteiger partial charge in [0.25, 0.3) is 11.8 Å². The van der Waals surface area contributed by atoms with Gasteiger partial charge < -0.3 is 9.73 Å². The molecule has 0 radical (unpaired) electrons. The molecule has 5 rings (SSSR count). The molecule has 2 aliphatic heterocycles. The molecule has 0 unspecified atom stereocenters. The summed E-state index contributed by atoms with van der Waals surface area (Å²) in [6, 6.07) is 18.9. The molecule has 1 aromatic heterocycles. The van der Waals surface area contributed by atoms with Crippen molar-refractivity contribution in [2.75, 3.05) is 19.6 Å². The number of nitrogens with one attached hydrogen (secondary N) is 1. The van der Waals surface area contributed by atoms with Crippen LogP contribution in [0.1, 0.15) is 57.3 Å². The average Bonchev–Trinajstić information content (AvgIpc) is 3.51. The smallest absolute Gasteiger partial charge is 0.262 e. The Hall–Kier alpha value is -3.71. The predicted octanol–water partition coefficient (Wildman–Crippen LogP) is 3.83. The summed E-state index contributed by atoms with van der Waals surface area (Å²) < 4.78 is 5.70. The predicted molar refractivity (Wildman–Crippen MR) is 131 cm³/mol. The fraction of sp³-hybridized carbons (Fsp3) is 0.321. The van der Waals surface area contributed by atoms with E-state index in [0.717, 1.165) is 42.2 Å². The summed E-state index contributed by atoms with van der Waals surface area (Å²) in [5.41, 5.74) is 1.55. The van der Waals surface area contributed by atoms with Gasteiger partial charge in [0.05, 0.1) is 23.4 Å². The molecule has 2 aliphatic rings. The first-order chi connectivity index (χ1) is 17.1. The monoisotopic (exact) mass is 471 g/mol. The molecule has 3 aromatic rings. The Bertz CT molecular complexity index is 1150. The number of furan rings is 1. The molecule has 0 saturated carbocycles. The minimum atomic E-state index is -0.955. The van der Waals surface area contributed by atoms with Gasteiger partial charge in [-0.15, -0.1) is 0 Å². The van der Waals surface area contributed by atoms with Crippen LogP contribution < -0.4 is 5.32 Å². The summed E-state index contributed by atoms with van der Waals surface area (Å²) in [7, 11) is 0. The summed E-state index contributed by atoms with van der Waals surface area (Å²) in [6.07, 6.45) is 5.30. The first-order valence-corrected chi connectivity index (χ1v) is 12.2. The third kappa shape index (κ3) is 4.77. The lowest BCUT2D eigenvalue weighted by Gasteiger charge is -2.34. The fourth-order valence-corrected chi connectivity index (χ4v) is 5.07. The van der Waals surface area contributed by atoms with Gasteiger partial charge in [0.15, 0.2) is 0 Å². The van der Waals surface area contributed by atoms with Crippen LogP contribution in [-0.2, 0) is 11.2 Å². The van der Waals surface area contributed by atoms with Gasteiger partial charge in [-0.1, -0.05) is 48.9 Å². The van der Waals surface area contributed by atoms with Gasteiger partial charge in [0.2, 0.25) is 5.91 Å². The maximum absolute atomic E-state index is 13.6. The average molecular weight is 472 g/mol. The maximum atomic E-state index is 13.6. The molecule has 2 aromatic carbocycles. The number of likely N-dealkylation sites (tertiary alicyclic amines) is 1. The number of fused-ring (bicyclic) bond motifs is 1. The number of amides is 3. The molecule has 0 spiro atoms. The van der Waals surface area contributed by atoms with Crippen LogP contribution in [0.25, 0.3) is 0 Å². The van der Waals surface area contributed by atoms with Crippen LogP contribution in [0.4, 0.5) is 0 Å². The van der Waals surface area contributed by atoms with Crippen molar-refractivity contribution in [1.82, 2.24) is 15.1 Å². The Balaban J connectivity index is 1.39. The number of carbonyl (C=O) groups is 3. The zero-order valence-electron chi connectivity index (χ0n) is 19.6. The topological polar surface area (TPSA) is 82.9 Å². The van der Waals surface area contributed by atoms with E-state index in [1.165, 1.54) is 6.42 Å². The Morgan fingerprint density at radius 3 is 2.14 bits per heavy atom. The normalized spacial score (nSPS) is 17.8. The van der Waals surface area contributed by atoms with Crippen LogP contribution >= 0.6 is 0 Å². The van der Waals surface area contributed by atoms with E-state index in [-0.39, 0.29) is 18.4 Å². The molecule has 1 saturated heterocycles. The molecule has 2 atom stereocenters. The van der Waals surface area contributed by atoms with Gasteiger partial charge >= 0.3 is 0 Å². The molecule has 7 nitrogen and oxygen atoms in total. The minimum Gasteiger partial charge on any atom is -0.468 e. The Morgan fingerprint density at radius 1 is 0.857 bits per heavy atom. The zero-order chi connectivity index (χ0) is 24.2. The molecular formula is C28H29N3O4. The third-order valence-electron chi connectivity index (χ3n) is 6.88. The highest BCUT2D eigenvalue weighted by atomic mass is 16.3. The van der Waals surface area contributed by atoms with E-state index in [2.05, 4.69) is 10.2 Å². The highest BCUT2D eigenvalue weighted by Crippen LogP contribution is 2.27. The second-order valence-electron chi connectivity index (χ2n) is 9.10. The van der Waals surface area contributed by atoms with Crippen molar-refractivity contribution < 1.29 is 18.8 Å². The van der Waals surface area contributed by atoms with Crippen LogP contribution in [-0.4, -0.2) is 53.2 Å². The molecule has 7 heteroatoms. The van der Waals surface area contributed by atoms with Gasteiger partial charge in [-0.3, -0.25) is 24.2 Å². The Labute approximate surface area is 204 Å². The van der Waals surface area contributed by atoms with E-state index in [9.17, 15) is 14.4 Å². The minimum absolute atomic E-state index is 0.103. The van der Waals surface area contributed by atoms with E-state index < -0.39 is 17.9 Å². The van der Waals surface area contributed by atoms with Crippen LogP contribution in [0, 0.1) is 0 Å². The second kappa shape index (κ2) is 10.3. The van der Waals surface area contributed by atoms with E-state index >= 15 is 0 Å². The number of hydrogen-bond acceptors (Lipinski definition) is 5. The zero-order valence-corrected chi connectivity index (χ0v) is 19.6. The highest BCUT2D eigenvalue weighted by Gasteiger charge is 2.42. The van der Waals surface area contributed by atoms with Crippen LogP contribution in [0.15, 0.2) is 77.4 Å². The highest BCUT2D eigenvalue weighted by molar-refractivity contribution is 6.22. The van der Waals surface area contributed by atoms with Gasteiger partial charge in [0.1, 0.15) is 11.8 Å². The number of benzene rings is 2. The summed E-state index contributed by atoms with van der Waals surface area (Å²) in [6.45, 7) is 2.21. The number of carbonyl (C=O) groups excluding carboxylic acids is 3. The Morgan fingerprint density at radius 2 is 1.51 bits per heavy atom. The molecule has 3 heterocycles. The number of piperidine rings is 1. The van der Waals surface area contributed by atoms with Crippen LogP contribution in [0.5, 0.6) is 0 Å². The largest absolute Gasteiger partial charge is 0.468 e. The van der Waals surface area contributed by atoms with Crippen molar-refractivity contribution in [1.29, 1.82) is 0 Å². The van der Waals surface area contributed by atoms with Crippen molar-refractivity contribution in [3.05, 3.63) is 95.4 Å². The van der Waals surface area contributed by atoms with E-state index in [1.807, 2.05) is 42.5 Å². The molecule has 35 heavy (non-hydrogen) atoms. The maximum Gasteiger partial charge on any atom is 0.262 e. The molecule has 1 N–H and O–H groups in total. The summed E-state index contributed by atoms with van der Waals surface area (Å²) >= 11 is 0. The fourth-order valence-electron chi connectivity index (χ4n) is 5.07. The molecule has 3 amide bonds. The van der Waals surface area contributed by atoms with E-state index in [4.69, 9.17) is 4.42 Å². The van der Waals surface area contributed by atoms with Crippen LogP contribution in [0.2, 0.25) is 0 Å². The number of nitrogens with zero attached hydrogens (tertiary/aromatic N) is 2. The lowest BCUT2D eigenvalue weighted by Crippen LogP contribution is -2.52. The lowest BCUT2D eigenvalue weighted by molar-refractivity contribution is -0.125. The number of rotatable bonds is 8. The number of hydrogen-bond donors (Lipinski definition) is 1. The molecular weight excluding hydrogens is 442 g/mol. The van der Waals surface area contributed by atoms with Crippen molar-refractivity contribution >= 4 is 17.7 Å². The van der Waals surface area contributed by atoms with Gasteiger partial charge in [-0.2, -0.15) is 0 Å². The van der Waals surface area contributed by atoms with Gasteiger partial charge in [0, 0.05) is 13.0 Å². The second-order valence-corrected chi connectivity index (χ2v) is 9.10. The van der Waals surface area contributed by atoms with Crippen molar-refractivity contribution in [2.24, 2.45) is 0 Å². The van der Waals surface area contributed by atoms with E-state index in [1.54, 1.807) is 30.5 Å². The Kier molecular flexibility index (Phi) is 6.77. The van der Waals surface area contributed by atoms with Gasteiger partial charge in [-0.05, 0) is 55.8 Å². The quantitative estimate of drug-likeness (QED) is 0.505. The molecule has 0 bridgehead atoms. The van der Waals surface area contributed by atoms with Crippen molar-refractivity contribution in [2.45, 2.75) is 37.8 Å². The molecule has 0 aliphatic carbocycles. The van der Waals surface area contributed by atoms with Crippen LogP contribution in [0.3, 0.4) is 0 Å². The molecule has 1 fully saturated rings. The lowest BCUT2D eigenvalue weighted by atomic mass is 10.0. The molecule has 180 valence electrons. The summed E-state index contributed by atoms with van der Waals surface area (Å²) in [5, 5.41) is 3.05. The first-order valence-electron chi connectivity index (χ1n) is 12.2. The van der Waals surface area contributed by atoms with Crippen molar-refractivity contribution in [3.63, 3.8) is 0 Å². The number of imide groups is 1. The first kappa shape index (κ1) is 23.1. The standard InChI is InChI=1S/C28H29N3O4/c32-26(29-19-24(25-14-9-17-35-25)30-15-7-2-8-16-30)23(18-20-10-3-1-4-11-20)31-27(33)21-12-5-6-13-22(21)28(31)34/h1,3-6,9-14,17,23-24H,2,7-8,15-16,18-19H2,(H,29,32)/t23-,24-/m0/s1. The summed E-state index contributed by atoms with van der Waals surface area (Å²) in [4.78, 5) is 43.5. The third-order valence-corrected chi connectivity index (χ3v) is 6.88. The van der Waals surface area contributed by atoms with Gasteiger partial charge in [-0.25, -0.2) is 0 Å². The van der Waals surface area contributed by atoms with Crippen molar-refractivity contribution in [3.8, 4) is 0 Å².